The summed E-state index contributed by atoms with van der Waals surface area (Å²) in [5.74, 6) is 0.308. The second kappa shape index (κ2) is 6.00. The molecule has 0 aromatic heterocycles. The summed E-state index contributed by atoms with van der Waals surface area (Å²) in [5.41, 5.74) is 6.13. The highest BCUT2D eigenvalue weighted by atomic mass is 32.1. The van der Waals surface area contributed by atoms with Crippen LogP contribution in [0.1, 0.15) is 25.3 Å². The Kier molecular flexibility index (Phi) is 4.90. The number of hydrogen-bond acceptors (Lipinski definition) is 3. The zero-order valence-electron chi connectivity index (χ0n) is 11.0. The van der Waals surface area contributed by atoms with E-state index >= 15 is 0 Å². The van der Waals surface area contributed by atoms with Crippen LogP contribution >= 0.6 is 12.2 Å². The first kappa shape index (κ1) is 14.7. The van der Waals surface area contributed by atoms with Crippen molar-refractivity contribution in [1.29, 1.82) is 0 Å². The van der Waals surface area contributed by atoms with Crippen LogP contribution in [0.15, 0.2) is 12.1 Å². The number of benzene rings is 1. The Labute approximate surface area is 112 Å². The minimum Gasteiger partial charge on any atom is -0.493 e. The smallest absolute Gasteiger partial charge is 0.163 e. The van der Waals surface area contributed by atoms with Gasteiger partial charge < -0.3 is 15.2 Å². The van der Waals surface area contributed by atoms with Gasteiger partial charge in [0.15, 0.2) is 11.5 Å². The Balaban J connectivity index is 3.20. The first-order valence-corrected chi connectivity index (χ1v) is 6.03. The lowest BCUT2D eigenvalue weighted by Gasteiger charge is -2.21. The average molecular weight is 271 g/mol. The number of ether oxygens (including phenoxy) is 2. The lowest BCUT2D eigenvalue weighted by molar-refractivity contribution is 0.350. The minimum atomic E-state index is -0.344. The maximum Gasteiger partial charge on any atom is 0.163 e. The van der Waals surface area contributed by atoms with Gasteiger partial charge in [-0.05, 0) is 17.5 Å². The van der Waals surface area contributed by atoms with Crippen LogP contribution in [0, 0.1) is 11.7 Å². The second-order valence-corrected chi connectivity index (χ2v) is 4.68. The van der Waals surface area contributed by atoms with Crippen LogP contribution < -0.4 is 15.2 Å². The number of thiocarbonyl (C=S) groups is 1. The van der Waals surface area contributed by atoms with E-state index in [4.69, 9.17) is 27.4 Å². The number of halogens is 1. The molecule has 0 amide bonds. The highest BCUT2D eigenvalue weighted by Gasteiger charge is 2.22. The largest absolute Gasteiger partial charge is 0.493 e. The topological polar surface area (TPSA) is 44.5 Å². The van der Waals surface area contributed by atoms with Crippen molar-refractivity contribution < 1.29 is 13.9 Å². The van der Waals surface area contributed by atoms with Crippen LogP contribution in [-0.2, 0) is 0 Å². The van der Waals surface area contributed by atoms with Crippen molar-refractivity contribution in [3.8, 4) is 11.5 Å². The quantitative estimate of drug-likeness (QED) is 0.836. The fraction of sp³-hybridized carbons (Fsp3) is 0.462. The molecular formula is C13H18FNO2S. The summed E-state index contributed by atoms with van der Waals surface area (Å²) in [7, 11) is 2.99. The van der Waals surface area contributed by atoms with E-state index in [1.165, 1.54) is 20.3 Å². The zero-order chi connectivity index (χ0) is 13.9. The summed E-state index contributed by atoms with van der Waals surface area (Å²) in [6, 6.07) is 2.95. The summed E-state index contributed by atoms with van der Waals surface area (Å²) in [5, 5.41) is 0. The fourth-order valence-corrected chi connectivity index (χ4v) is 1.94. The summed E-state index contributed by atoms with van der Waals surface area (Å²) >= 11 is 4.95. The third-order valence-electron chi connectivity index (χ3n) is 3.19. The molecule has 1 aromatic carbocycles. The lowest BCUT2D eigenvalue weighted by Crippen LogP contribution is -2.23. The minimum absolute atomic E-state index is 0.0902. The van der Waals surface area contributed by atoms with Gasteiger partial charge in [-0.2, -0.15) is 0 Å². The molecule has 2 atom stereocenters. The Morgan fingerprint density at radius 2 is 1.72 bits per heavy atom. The van der Waals surface area contributed by atoms with Gasteiger partial charge in [0.05, 0.1) is 19.2 Å². The van der Waals surface area contributed by atoms with E-state index in [2.05, 4.69) is 0 Å². The summed E-state index contributed by atoms with van der Waals surface area (Å²) in [4.78, 5) is 0.372. The van der Waals surface area contributed by atoms with Gasteiger partial charge in [-0.15, -0.1) is 0 Å². The molecule has 18 heavy (non-hydrogen) atoms. The molecule has 1 aromatic rings. The fourth-order valence-electron chi connectivity index (χ4n) is 1.73. The second-order valence-electron chi connectivity index (χ2n) is 4.21. The Bertz CT molecular complexity index is 451. The molecule has 2 unspecified atom stereocenters. The molecule has 0 heterocycles. The molecule has 0 spiro atoms. The maximum absolute atomic E-state index is 14.0. The van der Waals surface area contributed by atoms with Crippen molar-refractivity contribution in [1.82, 2.24) is 0 Å². The van der Waals surface area contributed by atoms with E-state index in [0.717, 1.165) is 0 Å². The van der Waals surface area contributed by atoms with Gasteiger partial charge in [-0.25, -0.2) is 4.39 Å². The zero-order valence-corrected chi connectivity index (χ0v) is 11.8. The summed E-state index contributed by atoms with van der Waals surface area (Å²) < 4.78 is 24.2. The SMILES string of the molecule is COc1cc(F)c(C(C)C(C)C(N)=S)cc1OC. The molecule has 0 aliphatic heterocycles. The molecule has 0 fully saturated rings. The van der Waals surface area contributed by atoms with Crippen LogP contribution in [0.2, 0.25) is 0 Å². The monoisotopic (exact) mass is 271 g/mol. The predicted octanol–water partition coefficient (Wildman–Crippen LogP) is 2.87. The van der Waals surface area contributed by atoms with Crippen molar-refractivity contribution in [2.75, 3.05) is 14.2 Å². The van der Waals surface area contributed by atoms with E-state index in [-0.39, 0.29) is 17.7 Å². The van der Waals surface area contributed by atoms with Gasteiger partial charge in [0.25, 0.3) is 0 Å². The number of rotatable bonds is 5. The van der Waals surface area contributed by atoms with E-state index < -0.39 is 0 Å². The third kappa shape index (κ3) is 2.90. The lowest BCUT2D eigenvalue weighted by atomic mass is 9.88. The average Bonchev–Trinajstić information content (AvgIpc) is 2.36. The van der Waals surface area contributed by atoms with Crippen molar-refractivity contribution in [3.05, 3.63) is 23.5 Å². The van der Waals surface area contributed by atoms with Gasteiger partial charge in [0, 0.05) is 12.0 Å². The summed E-state index contributed by atoms with van der Waals surface area (Å²) in [6.07, 6.45) is 0. The molecule has 0 aliphatic rings. The summed E-state index contributed by atoms with van der Waals surface area (Å²) in [6.45, 7) is 3.76. The number of hydrogen-bond donors (Lipinski definition) is 1. The van der Waals surface area contributed by atoms with Crippen molar-refractivity contribution in [3.63, 3.8) is 0 Å². The molecule has 0 saturated heterocycles. The molecule has 1 rings (SSSR count). The maximum atomic E-state index is 14.0. The van der Waals surface area contributed by atoms with Crippen LogP contribution in [0.3, 0.4) is 0 Å². The first-order chi connectivity index (χ1) is 8.42. The third-order valence-corrected chi connectivity index (χ3v) is 3.56. The van der Waals surface area contributed by atoms with Gasteiger partial charge in [0.2, 0.25) is 0 Å². The predicted molar refractivity (Wildman–Crippen MR) is 73.9 cm³/mol. The highest BCUT2D eigenvalue weighted by molar-refractivity contribution is 7.80. The molecule has 0 aliphatic carbocycles. The van der Waals surface area contributed by atoms with Crippen molar-refractivity contribution in [2.45, 2.75) is 19.8 Å². The highest BCUT2D eigenvalue weighted by Crippen LogP contribution is 2.35. The molecule has 0 bridgehead atoms. The molecule has 3 nitrogen and oxygen atoms in total. The number of methoxy groups -OCH3 is 2. The molecule has 0 saturated carbocycles. The van der Waals surface area contributed by atoms with Crippen LogP contribution in [0.5, 0.6) is 11.5 Å². The normalized spacial score (nSPS) is 13.8. The molecule has 0 radical (unpaired) electrons. The van der Waals surface area contributed by atoms with E-state index in [1.54, 1.807) is 6.07 Å². The Morgan fingerprint density at radius 1 is 1.22 bits per heavy atom. The van der Waals surface area contributed by atoms with E-state index in [1.807, 2.05) is 13.8 Å². The molecule has 2 N–H and O–H groups in total. The molecule has 100 valence electrons. The molecule has 5 heteroatoms. The van der Waals surface area contributed by atoms with Crippen LogP contribution in [0.4, 0.5) is 4.39 Å². The standard InChI is InChI=1S/C13H18FNO2S/c1-7(8(2)13(15)18)9-5-11(16-3)12(17-4)6-10(9)14/h5-8H,1-4H3,(H2,15,18). The van der Waals surface area contributed by atoms with Crippen molar-refractivity contribution in [2.24, 2.45) is 11.7 Å². The van der Waals surface area contributed by atoms with E-state index in [0.29, 0.717) is 22.1 Å². The van der Waals surface area contributed by atoms with Gasteiger partial charge in [0.1, 0.15) is 5.82 Å². The van der Waals surface area contributed by atoms with Gasteiger partial charge >= 0.3 is 0 Å². The van der Waals surface area contributed by atoms with Gasteiger partial charge in [-0.1, -0.05) is 26.1 Å². The number of nitrogens with two attached hydrogens (primary N) is 1. The van der Waals surface area contributed by atoms with Crippen molar-refractivity contribution >= 4 is 17.2 Å². The Morgan fingerprint density at radius 3 is 2.17 bits per heavy atom. The van der Waals surface area contributed by atoms with Gasteiger partial charge in [-0.3, -0.25) is 0 Å². The first-order valence-electron chi connectivity index (χ1n) is 5.63. The van der Waals surface area contributed by atoms with Crippen LogP contribution in [-0.4, -0.2) is 19.2 Å². The Hall–Kier alpha value is -1.36. The molecular weight excluding hydrogens is 253 g/mol. The van der Waals surface area contributed by atoms with Crippen LogP contribution in [0.25, 0.3) is 0 Å². The van der Waals surface area contributed by atoms with E-state index in [9.17, 15) is 4.39 Å².